The number of benzene rings is 2. The molecule has 0 atom stereocenters. The van der Waals surface area contributed by atoms with E-state index in [9.17, 15) is 0 Å². The number of thiol groups is 1. The van der Waals surface area contributed by atoms with Gasteiger partial charge in [0.2, 0.25) is 0 Å². The van der Waals surface area contributed by atoms with Crippen LogP contribution in [0.3, 0.4) is 0 Å². The van der Waals surface area contributed by atoms with E-state index < -0.39 is 0 Å². The molecule has 0 spiro atoms. The average Bonchev–Trinajstić information content (AvgIpc) is 2.45. The van der Waals surface area contributed by atoms with Crippen LogP contribution in [0.25, 0.3) is 10.8 Å². The number of fused-ring (bicyclic) bond motifs is 1. The monoisotopic (exact) mass is 303 g/mol. The number of hydrogen-bond acceptors (Lipinski definition) is 1. The molecule has 0 saturated heterocycles. The van der Waals surface area contributed by atoms with Crippen molar-refractivity contribution in [1.82, 2.24) is 0 Å². The first-order valence-electron chi connectivity index (χ1n) is 7.81. The fourth-order valence-electron chi connectivity index (χ4n) is 2.55. The molecule has 0 amide bonds. The highest BCUT2D eigenvalue weighted by Crippen LogP contribution is 2.32. The van der Waals surface area contributed by atoms with Crippen LogP contribution in [0.2, 0.25) is 0 Å². The highest BCUT2D eigenvalue weighted by atomic mass is 32.2. The van der Waals surface area contributed by atoms with Gasteiger partial charge in [-0.25, -0.2) is 0 Å². The summed E-state index contributed by atoms with van der Waals surface area (Å²) < 4.78 is 5.59. The Hall–Kier alpha value is -0.990. The molecular weight excluding hydrogens is 276 g/mol. The summed E-state index contributed by atoms with van der Waals surface area (Å²) in [6, 6.07) is 13.4. The summed E-state index contributed by atoms with van der Waals surface area (Å²) in [5.74, 6) is 1.07. The van der Waals surface area contributed by atoms with Gasteiger partial charge in [-0.2, -0.15) is 0 Å². The molecule has 0 N–H and O–H groups in total. The molecule has 114 valence electrons. The van der Waals surface area contributed by atoms with Crippen LogP contribution in [0.15, 0.2) is 41.3 Å². The third kappa shape index (κ3) is 4.24. The number of hydrogen-bond donors (Lipinski definition) is 0. The normalized spacial score (nSPS) is 12.0. The standard InChI is InChI=1S/C19H26OS/c1-5-12-20-13-14-21-18-11-10-17(19(2,3)4)15-8-6-7-9-16(15)18/h6-11H,5,12-14H2,1-4H3/p+1. The fourth-order valence-corrected chi connectivity index (χ4v) is 3.56. The Balaban J connectivity index is 2.22. The van der Waals surface area contributed by atoms with Crippen LogP contribution in [-0.4, -0.2) is 19.0 Å². The molecule has 0 aliphatic heterocycles. The van der Waals surface area contributed by atoms with E-state index in [4.69, 9.17) is 4.74 Å². The minimum Gasteiger partial charge on any atom is -0.377 e. The molecule has 0 aromatic heterocycles. The van der Waals surface area contributed by atoms with E-state index in [1.165, 1.54) is 33.0 Å². The van der Waals surface area contributed by atoms with E-state index in [1.807, 2.05) is 0 Å². The molecular formula is C19H27OS+. The van der Waals surface area contributed by atoms with Crippen LogP contribution in [0, 0.1) is 0 Å². The molecule has 1 nitrogen and oxygen atoms in total. The van der Waals surface area contributed by atoms with Gasteiger partial charge in [-0.05, 0) is 34.9 Å². The van der Waals surface area contributed by atoms with Gasteiger partial charge in [-0.15, -0.1) is 0 Å². The summed E-state index contributed by atoms with van der Waals surface area (Å²) >= 11 is 1.36. The second-order valence-corrected chi connectivity index (χ2v) is 7.67. The second-order valence-electron chi connectivity index (χ2n) is 6.42. The van der Waals surface area contributed by atoms with Crippen molar-refractivity contribution >= 4 is 22.5 Å². The van der Waals surface area contributed by atoms with Gasteiger partial charge in [0, 0.05) is 23.8 Å². The molecule has 0 heterocycles. The topological polar surface area (TPSA) is 9.23 Å². The molecule has 21 heavy (non-hydrogen) atoms. The largest absolute Gasteiger partial charge is 0.377 e. The molecule has 0 aliphatic rings. The first kappa shape index (κ1) is 16.4. The Labute approximate surface area is 133 Å². The quantitative estimate of drug-likeness (QED) is 0.425. The van der Waals surface area contributed by atoms with Crippen LogP contribution >= 0.6 is 0 Å². The van der Waals surface area contributed by atoms with Crippen molar-refractivity contribution in [3.63, 3.8) is 0 Å². The SMILES string of the molecule is CCCOCC[SH+]c1ccc(C(C)(C)C)c2ccccc12. The summed E-state index contributed by atoms with van der Waals surface area (Å²) in [5.41, 5.74) is 1.61. The molecule has 0 fully saturated rings. The van der Waals surface area contributed by atoms with E-state index in [1.54, 1.807) is 0 Å². The molecule has 2 aromatic rings. The van der Waals surface area contributed by atoms with E-state index in [0.717, 1.165) is 25.4 Å². The molecule has 0 radical (unpaired) electrons. The first-order valence-corrected chi connectivity index (χ1v) is 8.89. The molecule has 0 saturated carbocycles. The fraction of sp³-hybridized carbons (Fsp3) is 0.474. The maximum absolute atomic E-state index is 5.59. The highest BCUT2D eigenvalue weighted by Gasteiger charge is 2.19. The van der Waals surface area contributed by atoms with Crippen LogP contribution in [0.1, 0.15) is 39.7 Å². The van der Waals surface area contributed by atoms with E-state index in [2.05, 4.69) is 64.1 Å². The molecule has 2 aromatic carbocycles. The lowest BCUT2D eigenvalue weighted by atomic mass is 9.84. The zero-order valence-electron chi connectivity index (χ0n) is 13.6. The van der Waals surface area contributed by atoms with E-state index in [-0.39, 0.29) is 5.41 Å². The smallest absolute Gasteiger partial charge is 0.160 e. The van der Waals surface area contributed by atoms with Gasteiger partial charge in [-0.1, -0.05) is 52.0 Å². The third-order valence-electron chi connectivity index (χ3n) is 3.58. The van der Waals surface area contributed by atoms with Gasteiger partial charge in [0.1, 0.15) is 5.75 Å². The zero-order valence-corrected chi connectivity index (χ0v) is 14.5. The molecule has 0 aliphatic carbocycles. The van der Waals surface area contributed by atoms with E-state index in [0.29, 0.717) is 0 Å². The minimum atomic E-state index is 0.180. The first-order chi connectivity index (χ1) is 10.0. The molecule has 2 heteroatoms. The predicted molar refractivity (Wildman–Crippen MR) is 95.7 cm³/mol. The Morgan fingerprint density at radius 1 is 0.952 bits per heavy atom. The van der Waals surface area contributed by atoms with Crippen molar-refractivity contribution in [3.8, 4) is 0 Å². The average molecular weight is 303 g/mol. The summed E-state index contributed by atoms with van der Waals surface area (Å²) in [7, 11) is 0. The van der Waals surface area contributed by atoms with Gasteiger partial charge in [-0.3, -0.25) is 0 Å². The van der Waals surface area contributed by atoms with Gasteiger partial charge >= 0.3 is 0 Å². The number of rotatable bonds is 6. The maximum atomic E-state index is 5.59. The van der Waals surface area contributed by atoms with Gasteiger partial charge in [0.15, 0.2) is 4.90 Å². The predicted octanol–water partition coefficient (Wildman–Crippen LogP) is 4.74. The summed E-state index contributed by atoms with van der Waals surface area (Å²) in [5, 5.41) is 2.78. The van der Waals surface area contributed by atoms with Crippen molar-refractivity contribution in [2.45, 2.75) is 44.4 Å². The van der Waals surface area contributed by atoms with Crippen molar-refractivity contribution in [2.24, 2.45) is 0 Å². The van der Waals surface area contributed by atoms with Gasteiger partial charge in [0.05, 0.1) is 6.61 Å². The second kappa shape index (κ2) is 7.33. The zero-order chi connectivity index (χ0) is 15.3. The van der Waals surface area contributed by atoms with Crippen molar-refractivity contribution < 1.29 is 4.74 Å². The lowest BCUT2D eigenvalue weighted by molar-refractivity contribution is 0.150. The van der Waals surface area contributed by atoms with Gasteiger partial charge in [0.25, 0.3) is 0 Å². The summed E-state index contributed by atoms with van der Waals surface area (Å²) in [6.45, 7) is 10.7. The Bertz CT molecular complexity index is 584. The minimum absolute atomic E-state index is 0.180. The van der Waals surface area contributed by atoms with Crippen LogP contribution in [0.5, 0.6) is 0 Å². The Kier molecular flexibility index (Phi) is 5.72. The summed E-state index contributed by atoms with van der Waals surface area (Å²) in [6.07, 6.45) is 1.10. The van der Waals surface area contributed by atoms with Crippen molar-refractivity contribution in [2.75, 3.05) is 19.0 Å². The number of ether oxygens (including phenoxy) is 1. The van der Waals surface area contributed by atoms with Crippen LogP contribution in [-0.2, 0) is 21.9 Å². The van der Waals surface area contributed by atoms with Crippen LogP contribution in [0.4, 0.5) is 0 Å². The lowest BCUT2D eigenvalue weighted by Crippen LogP contribution is -2.12. The van der Waals surface area contributed by atoms with Gasteiger partial charge < -0.3 is 4.74 Å². The maximum Gasteiger partial charge on any atom is 0.160 e. The van der Waals surface area contributed by atoms with Crippen LogP contribution < -0.4 is 0 Å². The molecule has 2 rings (SSSR count). The van der Waals surface area contributed by atoms with Crippen molar-refractivity contribution in [3.05, 3.63) is 42.0 Å². The summed E-state index contributed by atoms with van der Waals surface area (Å²) in [4.78, 5) is 1.42. The third-order valence-corrected chi connectivity index (χ3v) is 4.71. The Morgan fingerprint density at radius 3 is 2.33 bits per heavy atom. The van der Waals surface area contributed by atoms with E-state index >= 15 is 0 Å². The molecule has 0 unspecified atom stereocenters. The highest BCUT2D eigenvalue weighted by molar-refractivity contribution is 7.78. The molecule has 0 bridgehead atoms. The Morgan fingerprint density at radius 2 is 1.67 bits per heavy atom. The van der Waals surface area contributed by atoms with Crippen molar-refractivity contribution in [1.29, 1.82) is 0 Å². The lowest BCUT2D eigenvalue weighted by Gasteiger charge is -2.21.